The maximum absolute atomic E-state index is 12.6. The number of amides is 2. The van der Waals surface area contributed by atoms with Gasteiger partial charge in [-0.15, -0.1) is 0 Å². The number of carbonyl (C=O) groups is 2. The number of carboxylic acids is 1. The third-order valence-electron chi connectivity index (χ3n) is 4.53. The molecule has 0 aromatic rings. The summed E-state index contributed by atoms with van der Waals surface area (Å²) in [6.07, 6.45) is 4.49. The minimum atomic E-state index is -0.730. The van der Waals surface area contributed by atoms with E-state index < -0.39 is 5.97 Å². The number of urea groups is 1. The predicted octanol–water partition coefficient (Wildman–Crippen LogP) is 2.17. The third kappa shape index (κ3) is 3.01. The van der Waals surface area contributed by atoms with Gasteiger partial charge in [-0.05, 0) is 46.0 Å². The van der Waals surface area contributed by atoms with Crippen LogP contribution in [0.25, 0.3) is 0 Å². The van der Waals surface area contributed by atoms with Crippen LogP contribution in [-0.2, 0) is 4.79 Å². The Bertz CT molecular complexity index is 341. The van der Waals surface area contributed by atoms with E-state index in [0.29, 0.717) is 38.0 Å². The molecule has 2 fully saturated rings. The van der Waals surface area contributed by atoms with Crippen LogP contribution in [0.3, 0.4) is 0 Å². The smallest absolute Gasteiger partial charge is 0.320 e. The Hall–Kier alpha value is -1.26. The molecule has 2 amide bonds. The van der Waals surface area contributed by atoms with Crippen molar-refractivity contribution < 1.29 is 14.7 Å². The molecule has 19 heavy (non-hydrogen) atoms. The minimum Gasteiger partial charge on any atom is -0.481 e. The fourth-order valence-corrected chi connectivity index (χ4v) is 3.28. The van der Waals surface area contributed by atoms with Crippen LogP contribution in [0.2, 0.25) is 0 Å². The molecule has 0 bridgehead atoms. The molecular weight excluding hydrogens is 244 g/mol. The summed E-state index contributed by atoms with van der Waals surface area (Å²) in [5.74, 6) is -1.01. The highest BCUT2D eigenvalue weighted by Gasteiger charge is 2.34. The van der Waals surface area contributed by atoms with E-state index >= 15 is 0 Å². The van der Waals surface area contributed by atoms with Gasteiger partial charge in [-0.2, -0.15) is 0 Å². The molecule has 1 N–H and O–H groups in total. The first-order chi connectivity index (χ1) is 9.00. The van der Waals surface area contributed by atoms with Crippen LogP contribution < -0.4 is 0 Å². The molecule has 5 heteroatoms. The predicted molar refractivity (Wildman–Crippen MR) is 71.9 cm³/mol. The second kappa shape index (κ2) is 5.80. The molecule has 2 heterocycles. The van der Waals surface area contributed by atoms with Crippen LogP contribution in [0.4, 0.5) is 4.79 Å². The Morgan fingerprint density at radius 2 is 1.53 bits per heavy atom. The monoisotopic (exact) mass is 268 g/mol. The van der Waals surface area contributed by atoms with Gasteiger partial charge >= 0.3 is 12.0 Å². The van der Waals surface area contributed by atoms with Gasteiger partial charge < -0.3 is 14.9 Å². The minimum absolute atomic E-state index is 0.100. The zero-order chi connectivity index (χ0) is 14.0. The molecule has 2 rings (SSSR count). The lowest BCUT2D eigenvalue weighted by Crippen LogP contribution is -2.54. The molecule has 0 aromatic carbocycles. The van der Waals surface area contributed by atoms with Gasteiger partial charge in [-0.25, -0.2) is 4.79 Å². The van der Waals surface area contributed by atoms with Crippen molar-refractivity contribution in [2.24, 2.45) is 5.92 Å². The van der Waals surface area contributed by atoms with Gasteiger partial charge in [0.15, 0.2) is 0 Å². The first kappa shape index (κ1) is 14.2. The van der Waals surface area contributed by atoms with Gasteiger partial charge in [-0.3, -0.25) is 4.79 Å². The molecule has 2 atom stereocenters. The van der Waals surface area contributed by atoms with Gasteiger partial charge in [0.1, 0.15) is 0 Å². The number of carbonyl (C=O) groups excluding carboxylic acids is 1. The van der Waals surface area contributed by atoms with Crippen LogP contribution in [0.5, 0.6) is 0 Å². The Balaban J connectivity index is 1.95. The summed E-state index contributed by atoms with van der Waals surface area (Å²) in [6, 6.07) is 0.699. The molecule has 0 saturated carbocycles. The lowest BCUT2D eigenvalue weighted by atomic mass is 9.96. The molecule has 2 aliphatic rings. The summed E-state index contributed by atoms with van der Waals surface area (Å²) in [5.41, 5.74) is 0. The van der Waals surface area contributed by atoms with Gasteiger partial charge in [-0.1, -0.05) is 0 Å². The lowest BCUT2D eigenvalue weighted by Gasteiger charge is -2.43. The molecule has 0 spiro atoms. The lowest BCUT2D eigenvalue weighted by molar-refractivity contribution is -0.143. The Morgan fingerprint density at radius 1 is 1.00 bits per heavy atom. The second-order valence-electron chi connectivity index (χ2n) is 5.92. The maximum Gasteiger partial charge on any atom is 0.320 e. The van der Waals surface area contributed by atoms with Gasteiger partial charge in [0, 0.05) is 25.2 Å². The Kier molecular flexibility index (Phi) is 4.32. The van der Waals surface area contributed by atoms with Crippen LogP contribution in [-0.4, -0.2) is 52.1 Å². The van der Waals surface area contributed by atoms with Crippen molar-refractivity contribution in [1.82, 2.24) is 9.80 Å². The summed E-state index contributed by atoms with van der Waals surface area (Å²) < 4.78 is 0. The van der Waals surface area contributed by atoms with Crippen LogP contribution in [0, 0.1) is 5.92 Å². The summed E-state index contributed by atoms with van der Waals surface area (Å²) in [7, 11) is 0. The van der Waals surface area contributed by atoms with E-state index in [2.05, 4.69) is 13.8 Å². The van der Waals surface area contributed by atoms with Crippen molar-refractivity contribution in [3.05, 3.63) is 0 Å². The highest BCUT2D eigenvalue weighted by atomic mass is 16.4. The fourth-order valence-electron chi connectivity index (χ4n) is 3.28. The molecule has 2 aliphatic heterocycles. The van der Waals surface area contributed by atoms with Gasteiger partial charge in [0.2, 0.25) is 0 Å². The van der Waals surface area contributed by atoms with Gasteiger partial charge in [0.25, 0.3) is 0 Å². The highest BCUT2D eigenvalue weighted by Crippen LogP contribution is 2.26. The molecule has 0 aromatic heterocycles. The summed E-state index contributed by atoms with van der Waals surface area (Å²) >= 11 is 0. The number of hydrogen-bond donors (Lipinski definition) is 1. The summed E-state index contributed by atoms with van der Waals surface area (Å²) in [4.78, 5) is 27.3. The zero-order valence-corrected chi connectivity index (χ0v) is 11.8. The van der Waals surface area contributed by atoms with Crippen molar-refractivity contribution in [3.63, 3.8) is 0 Å². The Morgan fingerprint density at radius 3 is 2.00 bits per heavy atom. The first-order valence-electron chi connectivity index (χ1n) is 7.30. The molecule has 108 valence electrons. The number of aliphatic carboxylic acids is 1. The summed E-state index contributed by atoms with van der Waals surface area (Å²) in [5, 5.41) is 8.98. The van der Waals surface area contributed by atoms with E-state index in [9.17, 15) is 9.59 Å². The number of piperidine rings is 2. The quantitative estimate of drug-likeness (QED) is 0.792. The van der Waals surface area contributed by atoms with Gasteiger partial charge in [0.05, 0.1) is 5.92 Å². The number of likely N-dealkylation sites (tertiary alicyclic amines) is 2. The number of carboxylic acid groups (broad SMARTS) is 1. The van der Waals surface area contributed by atoms with Crippen molar-refractivity contribution in [1.29, 1.82) is 0 Å². The number of nitrogens with zero attached hydrogens (tertiary/aromatic N) is 2. The number of rotatable bonds is 1. The van der Waals surface area contributed by atoms with Crippen molar-refractivity contribution >= 4 is 12.0 Å². The van der Waals surface area contributed by atoms with Crippen molar-refractivity contribution in [2.45, 2.75) is 58.0 Å². The van der Waals surface area contributed by atoms with E-state index in [1.807, 2.05) is 9.80 Å². The second-order valence-corrected chi connectivity index (χ2v) is 5.92. The van der Waals surface area contributed by atoms with E-state index in [4.69, 9.17) is 5.11 Å². The largest absolute Gasteiger partial charge is 0.481 e. The zero-order valence-electron chi connectivity index (χ0n) is 11.8. The molecule has 0 aliphatic carbocycles. The van der Waals surface area contributed by atoms with E-state index in [1.165, 1.54) is 6.42 Å². The summed E-state index contributed by atoms with van der Waals surface area (Å²) in [6.45, 7) is 5.37. The van der Waals surface area contributed by atoms with Crippen LogP contribution >= 0.6 is 0 Å². The van der Waals surface area contributed by atoms with E-state index in [-0.39, 0.29) is 11.9 Å². The average molecular weight is 268 g/mol. The third-order valence-corrected chi connectivity index (χ3v) is 4.53. The van der Waals surface area contributed by atoms with Crippen molar-refractivity contribution in [2.75, 3.05) is 13.1 Å². The highest BCUT2D eigenvalue weighted by molar-refractivity contribution is 5.76. The Labute approximate surface area is 114 Å². The van der Waals surface area contributed by atoms with Crippen molar-refractivity contribution in [3.8, 4) is 0 Å². The molecule has 0 radical (unpaired) electrons. The van der Waals surface area contributed by atoms with Crippen LogP contribution in [0.15, 0.2) is 0 Å². The van der Waals surface area contributed by atoms with Crippen LogP contribution in [0.1, 0.15) is 46.0 Å². The molecular formula is C14H24N2O3. The fraction of sp³-hybridized carbons (Fsp3) is 0.857. The molecule has 0 unspecified atom stereocenters. The first-order valence-corrected chi connectivity index (χ1v) is 7.30. The molecule has 5 nitrogen and oxygen atoms in total. The standard InChI is InChI=1S/C14H24N2O3/c1-10-4-3-5-11(2)16(10)14(19)15-8-6-12(7-9-15)13(17)18/h10-12H,3-9H2,1-2H3,(H,17,18)/t10-,11+. The van der Waals surface area contributed by atoms with E-state index in [1.54, 1.807) is 0 Å². The SMILES string of the molecule is C[C@@H]1CCC[C@H](C)N1C(=O)N1CCC(C(=O)O)CC1. The normalized spacial score (nSPS) is 29.4. The topological polar surface area (TPSA) is 60.9 Å². The maximum atomic E-state index is 12.6. The van der Waals surface area contributed by atoms with E-state index in [0.717, 1.165) is 12.8 Å². The number of hydrogen-bond acceptors (Lipinski definition) is 2. The average Bonchev–Trinajstić information content (AvgIpc) is 2.38. The molecule has 2 saturated heterocycles.